The van der Waals surface area contributed by atoms with Crippen LogP contribution in [0.1, 0.15) is 28.8 Å². The van der Waals surface area contributed by atoms with Crippen LogP contribution in [-0.4, -0.2) is 17.7 Å². The number of benzene rings is 1. The number of aromatic nitrogens is 1. The molecule has 7 nitrogen and oxygen atoms in total. The van der Waals surface area contributed by atoms with Crippen LogP contribution in [0.25, 0.3) is 0 Å². The van der Waals surface area contributed by atoms with E-state index >= 15 is 0 Å². The third-order valence-corrected chi connectivity index (χ3v) is 4.08. The number of rotatable bonds is 4. The first kappa shape index (κ1) is 16.6. The van der Waals surface area contributed by atoms with Gasteiger partial charge in [-0.25, -0.2) is 0 Å². The van der Waals surface area contributed by atoms with Gasteiger partial charge >= 0.3 is 5.97 Å². The topological polar surface area (TPSA) is 101 Å². The lowest BCUT2D eigenvalue weighted by Crippen LogP contribution is -2.18. The van der Waals surface area contributed by atoms with Crippen LogP contribution >= 0.6 is 0 Å². The van der Waals surface area contributed by atoms with Crippen molar-refractivity contribution in [3.8, 4) is 23.3 Å². The third-order valence-electron chi connectivity index (χ3n) is 4.08. The molecule has 0 saturated carbocycles. The Kier molecular flexibility index (Phi) is 4.44. The molecular weight excluding hydrogens is 324 g/mol. The van der Waals surface area contributed by atoms with Gasteiger partial charge in [0, 0.05) is 11.8 Å². The van der Waals surface area contributed by atoms with E-state index in [4.69, 9.17) is 19.5 Å². The second-order valence-corrected chi connectivity index (χ2v) is 5.66. The molecule has 3 rings (SSSR count). The Hall–Kier alpha value is -3.27. The summed E-state index contributed by atoms with van der Waals surface area (Å²) in [6.07, 6.45) is 0.486. The number of nitrogens with one attached hydrogen (secondary N) is 1. The lowest BCUT2D eigenvalue weighted by atomic mass is 9.99. The maximum Gasteiger partial charge on any atom is 0.311 e. The van der Waals surface area contributed by atoms with E-state index in [1.165, 1.54) is 0 Å². The first-order valence-corrected chi connectivity index (χ1v) is 7.72. The average Bonchev–Trinajstić information content (AvgIpc) is 3.02. The van der Waals surface area contributed by atoms with Gasteiger partial charge in [0.05, 0.1) is 6.42 Å². The first-order chi connectivity index (χ1) is 12.0. The van der Waals surface area contributed by atoms with E-state index in [-0.39, 0.29) is 18.8 Å². The van der Waals surface area contributed by atoms with E-state index in [1.807, 2.05) is 6.07 Å². The number of H-pyrrole nitrogens is 1. The van der Waals surface area contributed by atoms with Crippen LogP contribution in [0.4, 0.5) is 0 Å². The molecule has 0 radical (unpaired) electrons. The molecule has 1 aromatic carbocycles. The Balaban J connectivity index is 1.69. The number of nitrogens with zero attached hydrogens (tertiary/aromatic N) is 1. The van der Waals surface area contributed by atoms with Crippen molar-refractivity contribution in [2.75, 3.05) is 6.79 Å². The van der Waals surface area contributed by atoms with Crippen molar-refractivity contribution in [3.63, 3.8) is 0 Å². The van der Waals surface area contributed by atoms with Crippen LogP contribution in [0.2, 0.25) is 0 Å². The largest absolute Gasteiger partial charge is 0.454 e. The van der Waals surface area contributed by atoms with Crippen molar-refractivity contribution in [3.05, 3.63) is 50.9 Å². The molecule has 0 atom stereocenters. The Morgan fingerprint density at radius 3 is 2.84 bits per heavy atom. The molecule has 128 valence electrons. The highest BCUT2D eigenvalue weighted by molar-refractivity contribution is 5.73. The van der Waals surface area contributed by atoms with E-state index in [1.54, 1.807) is 32.0 Å². The predicted octanol–water partition coefficient (Wildman–Crippen LogP) is 2.13. The summed E-state index contributed by atoms with van der Waals surface area (Å²) >= 11 is 0. The predicted molar refractivity (Wildman–Crippen MR) is 87.8 cm³/mol. The summed E-state index contributed by atoms with van der Waals surface area (Å²) in [6, 6.07) is 6.81. The zero-order valence-electron chi connectivity index (χ0n) is 13.8. The van der Waals surface area contributed by atoms with Crippen molar-refractivity contribution < 1.29 is 19.0 Å². The van der Waals surface area contributed by atoms with Crippen LogP contribution in [0.5, 0.6) is 17.2 Å². The fraction of sp³-hybridized carbons (Fsp3) is 0.278. The number of esters is 1. The van der Waals surface area contributed by atoms with Gasteiger partial charge in [-0.2, -0.15) is 5.26 Å². The second kappa shape index (κ2) is 6.69. The molecule has 0 spiro atoms. The van der Waals surface area contributed by atoms with Gasteiger partial charge in [0.2, 0.25) is 6.79 Å². The van der Waals surface area contributed by atoms with E-state index < -0.39 is 11.5 Å². The number of nitriles is 1. The molecule has 1 N–H and O–H groups in total. The van der Waals surface area contributed by atoms with Crippen molar-refractivity contribution in [1.82, 2.24) is 4.98 Å². The van der Waals surface area contributed by atoms with Crippen molar-refractivity contribution in [2.45, 2.75) is 26.7 Å². The van der Waals surface area contributed by atoms with Crippen LogP contribution in [0.15, 0.2) is 23.0 Å². The molecule has 1 aromatic heterocycles. The van der Waals surface area contributed by atoms with E-state index in [0.29, 0.717) is 34.9 Å². The second-order valence-electron chi connectivity index (χ2n) is 5.66. The van der Waals surface area contributed by atoms with E-state index in [2.05, 4.69) is 4.98 Å². The minimum Gasteiger partial charge on any atom is -0.454 e. The molecule has 25 heavy (non-hydrogen) atoms. The molecule has 1 aliphatic rings. The van der Waals surface area contributed by atoms with Crippen molar-refractivity contribution >= 4 is 5.97 Å². The highest BCUT2D eigenvalue weighted by Gasteiger charge is 2.17. The molecule has 0 aliphatic carbocycles. The standard InChI is InChI=1S/C18H16N2O5/c1-10-13(11(2)20-18(22)14(10)8-19)4-6-17(21)25-12-3-5-15-16(7-12)24-9-23-15/h3,5,7H,4,6,9H2,1-2H3,(H,20,22). The number of carbonyl (C=O) groups is 1. The lowest BCUT2D eigenvalue weighted by Gasteiger charge is -2.10. The Morgan fingerprint density at radius 2 is 2.08 bits per heavy atom. The number of hydrogen-bond donors (Lipinski definition) is 1. The van der Waals surface area contributed by atoms with Crippen LogP contribution in [-0.2, 0) is 11.2 Å². The average molecular weight is 340 g/mol. The van der Waals surface area contributed by atoms with Gasteiger partial charge in [-0.3, -0.25) is 9.59 Å². The third kappa shape index (κ3) is 3.33. The summed E-state index contributed by atoms with van der Waals surface area (Å²) in [6.45, 7) is 3.60. The zero-order valence-corrected chi connectivity index (χ0v) is 13.8. The zero-order chi connectivity index (χ0) is 18.0. The number of aryl methyl sites for hydroxylation is 1. The first-order valence-electron chi connectivity index (χ1n) is 7.72. The molecule has 0 bridgehead atoms. The Morgan fingerprint density at radius 1 is 1.32 bits per heavy atom. The van der Waals surface area contributed by atoms with Gasteiger partial charge in [0.15, 0.2) is 11.5 Å². The van der Waals surface area contributed by atoms with Crippen LogP contribution in [0.3, 0.4) is 0 Å². The van der Waals surface area contributed by atoms with Gasteiger partial charge in [0.1, 0.15) is 17.4 Å². The number of ether oxygens (including phenoxy) is 3. The van der Waals surface area contributed by atoms with Crippen LogP contribution < -0.4 is 19.8 Å². The molecule has 0 saturated heterocycles. The van der Waals surface area contributed by atoms with Crippen molar-refractivity contribution in [2.24, 2.45) is 0 Å². The van der Waals surface area contributed by atoms with Crippen molar-refractivity contribution in [1.29, 1.82) is 5.26 Å². The molecule has 0 unspecified atom stereocenters. The summed E-state index contributed by atoms with van der Waals surface area (Å²) in [5.41, 5.74) is 1.68. The Labute approximate surface area is 143 Å². The minimum absolute atomic E-state index is 0.0738. The quantitative estimate of drug-likeness (QED) is 0.676. The summed E-state index contributed by atoms with van der Waals surface area (Å²) < 4.78 is 15.8. The van der Waals surface area contributed by atoms with Crippen LogP contribution in [0, 0.1) is 25.2 Å². The molecule has 2 heterocycles. The summed E-state index contributed by atoms with van der Waals surface area (Å²) in [7, 11) is 0. The summed E-state index contributed by atoms with van der Waals surface area (Å²) in [5.74, 6) is 1.11. The molecule has 0 amide bonds. The molecule has 7 heteroatoms. The van der Waals surface area contributed by atoms with Gasteiger partial charge in [-0.1, -0.05) is 0 Å². The van der Waals surface area contributed by atoms with E-state index in [0.717, 1.165) is 5.56 Å². The lowest BCUT2D eigenvalue weighted by molar-refractivity contribution is -0.134. The molecule has 0 fully saturated rings. The highest BCUT2D eigenvalue weighted by atomic mass is 16.7. The minimum atomic E-state index is -0.414. The number of hydrogen-bond acceptors (Lipinski definition) is 6. The molecule has 1 aliphatic heterocycles. The SMILES string of the molecule is Cc1[nH]c(=O)c(C#N)c(C)c1CCC(=O)Oc1ccc2c(c1)OCO2. The normalized spacial score (nSPS) is 11.9. The smallest absolute Gasteiger partial charge is 0.311 e. The molecule has 2 aromatic rings. The van der Waals surface area contributed by atoms with Gasteiger partial charge < -0.3 is 19.2 Å². The molecular formula is C18H16N2O5. The number of pyridine rings is 1. The highest BCUT2D eigenvalue weighted by Crippen LogP contribution is 2.35. The maximum absolute atomic E-state index is 12.1. The number of fused-ring (bicyclic) bond motifs is 1. The van der Waals surface area contributed by atoms with Gasteiger partial charge in [-0.15, -0.1) is 0 Å². The summed E-state index contributed by atoms with van der Waals surface area (Å²) in [5, 5.41) is 9.08. The number of aromatic amines is 1. The maximum atomic E-state index is 12.1. The monoisotopic (exact) mass is 340 g/mol. The Bertz CT molecular complexity index is 940. The fourth-order valence-corrected chi connectivity index (χ4v) is 2.77. The summed E-state index contributed by atoms with van der Waals surface area (Å²) in [4.78, 5) is 26.5. The number of carbonyl (C=O) groups excluding carboxylic acids is 1. The van der Waals surface area contributed by atoms with Gasteiger partial charge in [0.25, 0.3) is 5.56 Å². The fourth-order valence-electron chi connectivity index (χ4n) is 2.77. The van der Waals surface area contributed by atoms with Gasteiger partial charge in [-0.05, 0) is 43.5 Å². The van der Waals surface area contributed by atoms with E-state index in [9.17, 15) is 9.59 Å².